The second kappa shape index (κ2) is 13.5. The first-order valence-corrected chi connectivity index (χ1v) is 14.9. The number of piperidine rings is 1. The van der Waals surface area contributed by atoms with E-state index >= 15 is 0 Å². The Balaban J connectivity index is 1.45. The van der Waals surface area contributed by atoms with Crippen molar-refractivity contribution < 1.29 is 32.7 Å². The number of nitrogens with two attached hydrogens (primary N) is 1. The molecule has 0 aliphatic carbocycles. The maximum Gasteiger partial charge on any atom is 0.417 e. The molecule has 1 unspecified atom stereocenters. The Morgan fingerprint density at radius 1 is 0.872 bits per heavy atom. The van der Waals surface area contributed by atoms with E-state index in [2.05, 4.69) is 5.32 Å². The zero-order valence-electron chi connectivity index (χ0n) is 25.1. The number of anilines is 1. The van der Waals surface area contributed by atoms with Crippen molar-refractivity contribution in [3.05, 3.63) is 125 Å². The molecule has 47 heavy (non-hydrogen) atoms. The average Bonchev–Trinajstić information content (AvgIpc) is 3.08. The molecule has 0 aromatic heterocycles. The molecule has 5 rings (SSSR count). The molecule has 0 saturated carbocycles. The van der Waals surface area contributed by atoms with Gasteiger partial charge in [-0.3, -0.25) is 14.4 Å². The summed E-state index contributed by atoms with van der Waals surface area (Å²) in [5, 5.41) is 23.8. The van der Waals surface area contributed by atoms with E-state index in [9.17, 15) is 37.9 Å². The minimum Gasteiger partial charge on any atom is -0.379 e. The van der Waals surface area contributed by atoms with Gasteiger partial charge in [-0.05, 0) is 72.0 Å². The number of carbonyl (C=O) groups is 3. The molecule has 0 radical (unpaired) electrons. The summed E-state index contributed by atoms with van der Waals surface area (Å²) in [6, 6.07) is 26.8. The van der Waals surface area contributed by atoms with Crippen LogP contribution in [0.3, 0.4) is 0 Å². The number of rotatable bonds is 8. The number of primary amides is 1. The zero-order valence-corrected chi connectivity index (χ0v) is 25.1. The van der Waals surface area contributed by atoms with E-state index in [0.717, 1.165) is 6.07 Å². The van der Waals surface area contributed by atoms with Crippen molar-refractivity contribution in [2.24, 2.45) is 11.7 Å². The fourth-order valence-corrected chi connectivity index (χ4v) is 5.95. The molecule has 4 aromatic rings. The number of alkyl halides is 3. The number of aliphatic hydroxyl groups is 1. The molecule has 0 spiro atoms. The first-order valence-electron chi connectivity index (χ1n) is 14.9. The SMILES string of the molecule is N#Cc1ccc(NC(=O)C(O)(Cc2cccc(-c3cccc(C(N)=O)c3)c2)C2CCN(C(=O)c3ccccc3)CC2)cc1C(F)(F)F. The Kier molecular flexibility index (Phi) is 9.44. The van der Waals surface area contributed by atoms with Crippen LogP contribution in [0.15, 0.2) is 97.1 Å². The van der Waals surface area contributed by atoms with Crippen molar-refractivity contribution in [2.45, 2.75) is 31.0 Å². The van der Waals surface area contributed by atoms with E-state index < -0.39 is 40.6 Å². The second-order valence-electron chi connectivity index (χ2n) is 11.5. The van der Waals surface area contributed by atoms with Gasteiger partial charge in [0.15, 0.2) is 0 Å². The van der Waals surface area contributed by atoms with Crippen LogP contribution >= 0.6 is 0 Å². The molecular weight excluding hydrogens is 609 g/mol. The van der Waals surface area contributed by atoms with Crippen molar-refractivity contribution >= 4 is 23.4 Å². The number of hydrogen-bond acceptors (Lipinski definition) is 5. The van der Waals surface area contributed by atoms with Crippen LogP contribution in [-0.4, -0.2) is 46.4 Å². The van der Waals surface area contributed by atoms with Crippen molar-refractivity contribution in [3.8, 4) is 17.2 Å². The maximum absolute atomic E-state index is 13.9. The maximum atomic E-state index is 13.9. The lowest BCUT2D eigenvalue weighted by Crippen LogP contribution is -2.54. The summed E-state index contributed by atoms with van der Waals surface area (Å²) in [6.45, 7) is 0.506. The fourth-order valence-electron chi connectivity index (χ4n) is 5.95. The molecule has 8 nitrogen and oxygen atoms in total. The van der Waals surface area contributed by atoms with Gasteiger partial charge in [0.25, 0.3) is 11.8 Å². The van der Waals surface area contributed by atoms with Gasteiger partial charge in [0.1, 0.15) is 5.60 Å². The van der Waals surface area contributed by atoms with Gasteiger partial charge in [0, 0.05) is 42.2 Å². The number of nitrogens with zero attached hydrogens (tertiary/aromatic N) is 2. The second-order valence-corrected chi connectivity index (χ2v) is 11.5. The van der Waals surface area contributed by atoms with Crippen LogP contribution in [0.2, 0.25) is 0 Å². The molecule has 4 N–H and O–H groups in total. The highest BCUT2D eigenvalue weighted by molar-refractivity contribution is 5.98. The van der Waals surface area contributed by atoms with E-state index in [1.165, 1.54) is 12.1 Å². The first kappa shape index (κ1) is 32.9. The summed E-state index contributed by atoms with van der Waals surface area (Å²) in [5.41, 5.74) is 4.07. The van der Waals surface area contributed by atoms with Crippen molar-refractivity contribution in [1.29, 1.82) is 5.26 Å². The number of halogens is 3. The summed E-state index contributed by atoms with van der Waals surface area (Å²) in [7, 11) is 0. The van der Waals surface area contributed by atoms with Crippen molar-refractivity contribution in [3.63, 3.8) is 0 Å². The molecule has 4 aromatic carbocycles. The monoisotopic (exact) mass is 640 g/mol. The lowest BCUT2D eigenvalue weighted by molar-refractivity contribution is -0.142. The summed E-state index contributed by atoms with van der Waals surface area (Å²) < 4.78 is 41.0. The predicted octanol–water partition coefficient (Wildman–Crippen LogP) is 5.81. The minimum atomic E-state index is -4.84. The number of nitriles is 1. The minimum absolute atomic E-state index is 0.180. The van der Waals surface area contributed by atoms with Crippen molar-refractivity contribution in [2.75, 3.05) is 18.4 Å². The van der Waals surface area contributed by atoms with Gasteiger partial charge in [0.05, 0.1) is 17.2 Å². The fraction of sp³-hybridized carbons (Fsp3) is 0.222. The number of nitrogens with one attached hydrogen (secondary N) is 1. The van der Waals surface area contributed by atoms with Crippen LogP contribution in [-0.2, 0) is 17.4 Å². The molecule has 1 atom stereocenters. The number of likely N-dealkylation sites (tertiary alicyclic amines) is 1. The normalized spacial score (nSPS) is 14.9. The average molecular weight is 641 g/mol. The van der Waals surface area contributed by atoms with Crippen LogP contribution in [0.4, 0.5) is 18.9 Å². The third-order valence-electron chi connectivity index (χ3n) is 8.46. The Morgan fingerprint density at radius 2 is 1.51 bits per heavy atom. The number of benzene rings is 4. The molecule has 240 valence electrons. The van der Waals surface area contributed by atoms with Gasteiger partial charge in [-0.1, -0.05) is 54.6 Å². The molecule has 0 bridgehead atoms. The van der Waals surface area contributed by atoms with Gasteiger partial charge < -0.3 is 21.1 Å². The molecule has 3 amide bonds. The summed E-state index contributed by atoms with van der Waals surface area (Å²) >= 11 is 0. The van der Waals surface area contributed by atoms with Gasteiger partial charge in [0.2, 0.25) is 5.91 Å². The van der Waals surface area contributed by atoms with Gasteiger partial charge in [-0.25, -0.2) is 0 Å². The molecule has 11 heteroatoms. The standard InChI is InChI=1S/C36H31F3N4O4/c37-36(38,39)31-20-30(13-12-28(31)22-40)42-34(46)35(47,29-14-16-43(17-15-29)33(45)24-7-2-1-3-8-24)21-23-6-4-9-25(18-23)26-10-5-11-27(19-26)32(41)44/h1-13,18-20,29,47H,14-17,21H2,(H2,41,44)(H,42,46). The molecule has 1 saturated heterocycles. The Morgan fingerprint density at radius 3 is 2.15 bits per heavy atom. The van der Waals surface area contributed by atoms with E-state index in [-0.39, 0.29) is 43.9 Å². The first-order chi connectivity index (χ1) is 22.4. The van der Waals surface area contributed by atoms with Crippen LogP contribution < -0.4 is 11.1 Å². The summed E-state index contributed by atoms with van der Waals surface area (Å²) in [5.74, 6) is -2.35. The Bertz CT molecular complexity index is 1850. The zero-order chi connectivity index (χ0) is 33.8. The lowest BCUT2D eigenvalue weighted by Gasteiger charge is -2.40. The molecule has 1 fully saturated rings. The topological polar surface area (TPSA) is 137 Å². The van der Waals surface area contributed by atoms with E-state index in [4.69, 9.17) is 5.73 Å². The number of hydrogen-bond donors (Lipinski definition) is 3. The largest absolute Gasteiger partial charge is 0.417 e. The highest BCUT2D eigenvalue weighted by Crippen LogP contribution is 2.36. The number of carbonyl (C=O) groups excluding carboxylic acids is 3. The van der Waals surface area contributed by atoms with E-state index in [1.54, 1.807) is 83.8 Å². The number of amides is 3. The third-order valence-corrected chi connectivity index (χ3v) is 8.46. The highest BCUT2D eigenvalue weighted by Gasteiger charge is 2.46. The predicted molar refractivity (Wildman–Crippen MR) is 169 cm³/mol. The van der Waals surface area contributed by atoms with Gasteiger partial charge in [-0.2, -0.15) is 18.4 Å². The van der Waals surface area contributed by atoms with Gasteiger partial charge >= 0.3 is 6.18 Å². The smallest absolute Gasteiger partial charge is 0.379 e. The van der Waals surface area contributed by atoms with Crippen molar-refractivity contribution in [1.82, 2.24) is 4.90 Å². The summed E-state index contributed by atoms with van der Waals surface area (Å²) in [6.07, 6.45) is -4.53. The quantitative estimate of drug-likeness (QED) is 0.223. The van der Waals surface area contributed by atoms with Gasteiger partial charge in [-0.15, -0.1) is 0 Å². The Labute approximate surface area is 269 Å². The van der Waals surface area contributed by atoms with E-state index in [0.29, 0.717) is 33.9 Å². The lowest BCUT2D eigenvalue weighted by atomic mass is 9.75. The molecular formula is C36H31F3N4O4. The Hall–Kier alpha value is -5.47. The van der Waals surface area contributed by atoms with Crippen LogP contribution in [0.5, 0.6) is 0 Å². The van der Waals surface area contributed by atoms with Crippen LogP contribution in [0.1, 0.15) is 50.2 Å². The van der Waals surface area contributed by atoms with Crippen LogP contribution in [0.25, 0.3) is 11.1 Å². The molecule has 1 aliphatic rings. The highest BCUT2D eigenvalue weighted by atomic mass is 19.4. The summed E-state index contributed by atoms with van der Waals surface area (Å²) in [4.78, 5) is 40.4. The molecule has 1 heterocycles. The van der Waals surface area contributed by atoms with E-state index in [1.807, 2.05) is 0 Å². The third kappa shape index (κ3) is 7.34. The molecule has 1 aliphatic heterocycles. The van der Waals surface area contributed by atoms with Crippen LogP contribution in [0, 0.1) is 17.2 Å².